The predicted octanol–water partition coefficient (Wildman–Crippen LogP) is 6.99. The number of carbonyl (C=O) groups excluding carboxylic acids is 1. The zero-order chi connectivity index (χ0) is 29.5. The van der Waals surface area contributed by atoms with Crippen LogP contribution in [0.1, 0.15) is 33.7 Å². The number of aliphatic hydroxyl groups is 1. The Labute approximate surface area is 258 Å². The monoisotopic (exact) mass is 612 g/mol. The smallest absolute Gasteiger partial charge is 0.328 e. The molecule has 0 radical (unpaired) electrons. The number of ether oxygens (including phenoxy) is 2. The van der Waals surface area contributed by atoms with Crippen LogP contribution in [0.4, 0.5) is 8.78 Å². The topological polar surface area (TPSA) is 103 Å². The molecule has 0 spiro atoms. The summed E-state index contributed by atoms with van der Waals surface area (Å²) >= 11 is 0. The van der Waals surface area contributed by atoms with Gasteiger partial charge in [-0.1, -0.05) is 34.4 Å². The summed E-state index contributed by atoms with van der Waals surface area (Å²) in [4.78, 5) is 21.5. The zero-order valence-corrected chi connectivity index (χ0v) is 22.1. The molecular weight excluding hydrogens is 570 g/mol. The number of nitrogens with zero attached hydrogens (tertiary/aromatic N) is 2. The summed E-state index contributed by atoms with van der Waals surface area (Å²) in [7, 11) is 0. The fourth-order valence-electron chi connectivity index (χ4n) is 3.59. The van der Waals surface area contributed by atoms with E-state index in [1.54, 1.807) is 30.3 Å². The quantitative estimate of drug-likeness (QED) is 0.158. The number of benzene rings is 2. The molecule has 0 aliphatic carbocycles. The van der Waals surface area contributed by atoms with Gasteiger partial charge in [0.1, 0.15) is 43.0 Å². The largest absolute Gasteiger partial charge is 0.492 e. The number of aliphatic carboxylic acids is 1. The van der Waals surface area contributed by atoms with E-state index in [1.165, 1.54) is 36.4 Å². The van der Waals surface area contributed by atoms with Gasteiger partial charge >= 0.3 is 5.97 Å². The fourth-order valence-corrected chi connectivity index (χ4v) is 3.59. The average molecular weight is 613 g/mol. The van der Waals surface area contributed by atoms with Crippen LogP contribution in [-0.2, 0) is 22.7 Å². The number of aliphatic hydroxyl groups excluding tert-OH is 1. The van der Waals surface area contributed by atoms with Crippen LogP contribution < -0.4 is 9.47 Å². The van der Waals surface area contributed by atoms with Crippen molar-refractivity contribution < 1.29 is 38.1 Å². The molecule has 0 aliphatic heterocycles. The molecule has 0 saturated heterocycles. The van der Waals surface area contributed by atoms with Crippen molar-refractivity contribution in [2.24, 2.45) is 0 Å². The van der Waals surface area contributed by atoms with Gasteiger partial charge in [0.25, 0.3) is 0 Å². The Morgan fingerprint density at radius 3 is 1.57 bits per heavy atom. The van der Waals surface area contributed by atoms with E-state index in [2.05, 4.69) is 0 Å². The first-order chi connectivity index (χ1) is 19.8. The molecule has 0 unspecified atom stereocenters. The number of hydrogen-bond acceptors (Lipinski definition) is 5. The van der Waals surface area contributed by atoms with Crippen molar-refractivity contribution in [2.45, 2.75) is 35.4 Å². The highest BCUT2D eigenvalue weighted by atomic mass is 19.1. The predicted molar refractivity (Wildman–Crippen MR) is 171 cm³/mol. The molecule has 4 aromatic rings. The highest BCUT2D eigenvalue weighted by Gasteiger charge is 2.02. The minimum atomic E-state index is -0.992. The number of carbonyl (C=O) groups is 2. The first kappa shape index (κ1) is 39.0. The Morgan fingerprint density at radius 1 is 0.705 bits per heavy atom. The minimum Gasteiger partial charge on any atom is -0.492 e. The summed E-state index contributed by atoms with van der Waals surface area (Å²) in [6.45, 7) is 1.36. The van der Waals surface area contributed by atoms with Crippen LogP contribution in [0.25, 0.3) is 12.2 Å². The fraction of sp³-hybridized carbons (Fsp3) is 0.235. The third-order valence-corrected chi connectivity index (χ3v) is 5.52. The minimum absolute atomic E-state index is 0. The number of halogens is 2. The summed E-state index contributed by atoms with van der Waals surface area (Å²) in [5, 5.41) is 17.3. The van der Waals surface area contributed by atoms with Gasteiger partial charge in [-0.15, -0.1) is 0 Å². The molecule has 8 nitrogen and oxygen atoms in total. The van der Waals surface area contributed by atoms with Gasteiger partial charge in [0.15, 0.2) is 5.78 Å². The summed E-state index contributed by atoms with van der Waals surface area (Å²) in [6, 6.07) is 19.3. The van der Waals surface area contributed by atoms with Crippen LogP contribution in [0.5, 0.6) is 11.5 Å². The van der Waals surface area contributed by atoms with E-state index >= 15 is 0 Å². The van der Waals surface area contributed by atoms with Crippen LogP contribution in [0.2, 0.25) is 0 Å². The lowest BCUT2D eigenvalue weighted by Crippen LogP contribution is -2.08. The Kier molecular flexibility index (Phi) is 18.5. The van der Waals surface area contributed by atoms with Gasteiger partial charge in [0.2, 0.25) is 0 Å². The molecule has 44 heavy (non-hydrogen) atoms. The molecule has 0 aliphatic rings. The van der Waals surface area contributed by atoms with Gasteiger partial charge in [-0.25, -0.2) is 13.6 Å². The van der Waals surface area contributed by atoms with Crippen LogP contribution in [0.3, 0.4) is 0 Å². The molecule has 2 aromatic heterocycles. The van der Waals surface area contributed by atoms with Crippen molar-refractivity contribution in [3.8, 4) is 11.5 Å². The third kappa shape index (κ3) is 13.8. The average Bonchev–Trinajstić information content (AvgIpc) is 3.60. The van der Waals surface area contributed by atoms with Crippen molar-refractivity contribution in [3.63, 3.8) is 0 Å². The van der Waals surface area contributed by atoms with Crippen molar-refractivity contribution in [1.82, 2.24) is 9.13 Å². The molecule has 0 atom stereocenters. The molecular formula is C34H42F2N2O6. The van der Waals surface area contributed by atoms with E-state index in [9.17, 15) is 18.4 Å². The summed E-state index contributed by atoms with van der Waals surface area (Å²) in [5.74, 6) is -1.06. The lowest BCUT2D eigenvalue weighted by atomic mass is 10.3. The molecule has 2 heterocycles. The van der Waals surface area contributed by atoms with Gasteiger partial charge in [-0.2, -0.15) is 0 Å². The lowest BCUT2D eigenvalue weighted by Gasteiger charge is -2.09. The van der Waals surface area contributed by atoms with Gasteiger partial charge in [0.05, 0.1) is 13.1 Å². The van der Waals surface area contributed by atoms with Gasteiger partial charge in [-0.05, 0) is 66.8 Å². The molecule has 4 rings (SSSR count). The van der Waals surface area contributed by atoms with Gasteiger partial charge < -0.3 is 28.8 Å². The van der Waals surface area contributed by atoms with E-state index in [1.807, 2.05) is 45.8 Å². The highest BCUT2D eigenvalue weighted by molar-refractivity contribution is 5.94. The molecule has 2 aromatic carbocycles. The van der Waals surface area contributed by atoms with Crippen molar-refractivity contribution >= 4 is 23.9 Å². The number of carboxylic acids is 1. The van der Waals surface area contributed by atoms with E-state index in [0.717, 1.165) is 17.5 Å². The maximum absolute atomic E-state index is 13.0. The Hall–Kier alpha value is -4.96. The normalized spacial score (nSPS) is 10.2. The van der Waals surface area contributed by atoms with Crippen LogP contribution in [-0.4, -0.2) is 50.9 Å². The molecule has 238 valence electrons. The van der Waals surface area contributed by atoms with Gasteiger partial charge in [-0.3, -0.25) is 4.79 Å². The Bertz CT molecular complexity index is 1480. The van der Waals surface area contributed by atoms with E-state index in [-0.39, 0.29) is 39.7 Å². The SMILES string of the molecule is C.C.C.O=C(/C=C/c1cccn1CCOc1cccc(F)c1)CO.O=C(O)/C=C/c1cccn1CCOc1cccc(F)c1. The molecule has 10 heteroatoms. The maximum Gasteiger partial charge on any atom is 0.328 e. The number of hydrogen-bond donors (Lipinski definition) is 2. The van der Waals surface area contributed by atoms with Gasteiger partial charge in [0, 0.05) is 42.0 Å². The Balaban J connectivity index is 0.000000788. The van der Waals surface area contributed by atoms with Crippen molar-refractivity contribution in [2.75, 3.05) is 19.8 Å². The van der Waals surface area contributed by atoms with E-state index in [4.69, 9.17) is 19.7 Å². The van der Waals surface area contributed by atoms with Crippen molar-refractivity contribution in [1.29, 1.82) is 0 Å². The second-order valence-corrected chi connectivity index (χ2v) is 8.49. The number of aromatic nitrogens is 2. The second kappa shape index (κ2) is 20.8. The van der Waals surface area contributed by atoms with Crippen LogP contribution >= 0.6 is 0 Å². The molecule has 2 N–H and O–H groups in total. The number of rotatable bonds is 13. The summed E-state index contributed by atoms with van der Waals surface area (Å²) in [5.41, 5.74) is 1.61. The first-order valence-corrected chi connectivity index (χ1v) is 12.6. The third-order valence-electron chi connectivity index (χ3n) is 5.52. The van der Waals surface area contributed by atoms with E-state index < -0.39 is 12.6 Å². The lowest BCUT2D eigenvalue weighted by molar-refractivity contribution is -0.131. The highest BCUT2D eigenvalue weighted by Crippen LogP contribution is 2.14. The Morgan fingerprint density at radius 2 is 1.16 bits per heavy atom. The summed E-state index contributed by atoms with van der Waals surface area (Å²) in [6.07, 6.45) is 9.26. The number of ketones is 1. The standard InChI is InChI=1S/C16H16FNO3.C15H14FNO3.3CH4/c17-13-3-1-5-16(11-13)21-10-9-18-8-2-4-14(18)6-7-15(20)12-19;16-12-3-1-5-14(11-12)20-10-9-17-8-2-4-13(17)6-7-15(18)19;;;/h1-8,11,19H,9-10,12H2;1-8,11H,9-10H2,(H,18,19);3*1H4/b2*7-6+;;;. The molecule has 0 fully saturated rings. The van der Waals surface area contributed by atoms with Crippen molar-refractivity contribution in [3.05, 3.63) is 120 Å². The first-order valence-electron chi connectivity index (χ1n) is 12.6. The maximum atomic E-state index is 13.0. The second-order valence-electron chi connectivity index (χ2n) is 8.49. The van der Waals surface area contributed by atoms with Crippen LogP contribution in [0, 0.1) is 11.6 Å². The molecule has 0 amide bonds. The number of carboxylic acid groups (broad SMARTS) is 1. The zero-order valence-electron chi connectivity index (χ0n) is 22.1. The van der Waals surface area contributed by atoms with E-state index in [0.29, 0.717) is 37.8 Å². The van der Waals surface area contributed by atoms with Crippen LogP contribution in [0.15, 0.2) is 97.3 Å². The summed E-state index contributed by atoms with van der Waals surface area (Å²) < 4.78 is 40.6. The molecule has 0 saturated carbocycles. The molecule has 0 bridgehead atoms.